The molecule has 2 nitrogen and oxygen atoms in total. The van der Waals surface area contributed by atoms with Gasteiger partial charge in [-0.15, -0.1) is 0 Å². The summed E-state index contributed by atoms with van der Waals surface area (Å²) in [6.45, 7) is 3.73. The summed E-state index contributed by atoms with van der Waals surface area (Å²) in [5.74, 6) is 0. The maximum atomic E-state index is 11.9. The molecular formula is C10H14ClNOS. The molecule has 1 aromatic rings. The minimum absolute atomic E-state index is 0.0616. The van der Waals surface area contributed by atoms with Gasteiger partial charge in [-0.3, -0.25) is 4.21 Å². The van der Waals surface area contributed by atoms with E-state index in [0.717, 1.165) is 4.90 Å². The normalized spacial score (nSPS) is 17.4. The van der Waals surface area contributed by atoms with Gasteiger partial charge in [0, 0.05) is 16.0 Å². The van der Waals surface area contributed by atoms with E-state index in [1.807, 2.05) is 13.8 Å². The quantitative estimate of drug-likeness (QED) is 0.867. The maximum absolute atomic E-state index is 11.9. The van der Waals surface area contributed by atoms with Gasteiger partial charge in [0.2, 0.25) is 0 Å². The zero-order chi connectivity index (χ0) is 10.7. The predicted molar refractivity (Wildman–Crippen MR) is 61.0 cm³/mol. The van der Waals surface area contributed by atoms with E-state index in [0.29, 0.717) is 5.02 Å². The molecule has 0 bridgehead atoms. The fourth-order valence-corrected chi connectivity index (χ4v) is 2.53. The molecule has 0 heterocycles. The summed E-state index contributed by atoms with van der Waals surface area (Å²) in [6.07, 6.45) is 0. The Morgan fingerprint density at radius 2 is 2.07 bits per heavy atom. The first kappa shape index (κ1) is 11.7. The molecule has 0 saturated carbocycles. The van der Waals surface area contributed by atoms with Crippen LogP contribution in [-0.2, 0) is 10.8 Å². The average molecular weight is 232 g/mol. The van der Waals surface area contributed by atoms with Crippen molar-refractivity contribution in [1.29, 1.82) is 0 Å². The van der Waals surface area contributed by atoms with Crippen LogP contribution < -0.4 is 5.73 Å². The molecule has 0 aliphatic rings. The third-order valence-electron chi connectivity index (χ3n) is 2.11. The summed E-state index contributed by atoms with van der Waals surface area (Å²) >= 11 is 5.81. The Labute approximate surface area is 91.9 Å². The van der Waals surface area contributed by atoms with Crippen molar-refractivity contribution in [2.24, 2.45) is 5.73 Å². The number of hydrogen-bond acceptors (Lipinski definition) is 2. The Morgan fingerprint density at radius 3 is 2.57 bits per heavy atom. The molecule has 0 fully saturated rings. The molecular weight excluding hydrogens is 218 g/mol. The van der Waals surface area contributed by atoms with Gasteiger partial charge >= 0.3 is 0 Å². The monoisotopic (exact) mass is 231 g/mol. The number of hydrogen-bond donors (Lipinski definition) is 1. The van der Waals surface area contributed by atoms with E-state index in [4.69, 9.17) is 17.3 Å². The van der Waals surface area contributed by atoms with Gasteiger partial charge in [0.25, 0.3) is 0 Å². The van der Waals surface area contributed by atoms with E-state index in [1.165, 1.54) is 0 Å². The summed E-state index contributed by atoms with van der Waals surface area (Å²) < 4.78 is 11.9. The molecule has 0 saturated heterocycles. The molecule has 78 valence electrons. The van der Waals surface area contributed by atoms with E-state index in [2.05, 4.69) is 0 Å². The molecule has 14 heavy (non-hydrogen) atoms. The van der Waals surface area contributed by atoms with Crippen molar-refractivity contribution in [1.82, 2.24) is 0 Å². The second-order valence-corrected chi connectivity index (χ2v) is 5.57. The van der Waals surface area contributed by atoms with Gasteiger partial charge < -0.3 is 5.73 Å². The fraction of sp³-hybridized carbons (Fsp3) is 0.400. The van der Waals surface area contributed by atoms with Crippen LogP contribution in [-0.4, -0.2) is 15.5 Å². The molecule has 3 atom stereocenters. The summed E-state index contributed by atoms with van der Waals surface area (Å²) in [6, 6.07) is 6.99. The lowest BCUT2D eigenvalue weighted by Gasteiger charge is -2.14. The molecule has 4 heteroatoms. The third kappa shape index (κ3) is 2.80. The van der Waals surface area contributed by atoms with Crippen molar-refractivity contribution in [3.63, 3.8) is 0 Å². The lowest BCUT2D eigenvalue weighted by molar-refractivity contribution is 0.649. The maximum Gasteiger partial charge on any atom is 0.0574 e. The first-order valence-corrected chi connectivity index (χ1v) is 6.03. The standard InChI is InChI=1S/C10H14ClNOS/c1-7(12)8(2)14(13)10-5-3-4-9(11)6-10/h3-8H,12H2,1-2H3. The number of benzene rings is 1. The Bertz CT molecular complexity index is 341. The summed E-state index contributed by atoms with van der Waals surface area (Å²) in [4.78, 5) is 0.738. The van der Waals surface area contributed by atoms with Crippen molar-refractivity contribution in [2.75, 3.05) is 0 Å². The van der Waals surface area contributed by atoms with Crippen molar-refractivity contribution in [3.8, 4) is 0 Å². The van der Waals surface area contributed by atoms with E-state index in [-0.39, 0.29) is 11.3 Å². The molecule has 3 unspecified atom stereocenters. The minimum Gasteiger partial charge on any atom is -0.327 e. The van der Waals surface area contributed by atoms with Crippen molar-refractivity contribution in [3.05, 3.63) is 29.3 Å². The van der Waals surface area contributed by atoms with Crippen LogP contribution in [0.4, 0.5) is 0 Å². The second-order valence-electron chi connectivity index (χ2n) is 3.32. The molecule has 0 aromatic heterocycles. The molecule has 1 aromatic carbocycles. The van der Waals surface area contributed by atoms with Gasteiger partial charge in [0.05, 0.1) is 16.0 Å². The molecule has 1 rings (SSSR count). The van der Waals surface area contributed by atoms with E-state index < -0.39 is 10.8 Å². The number of halogens is 1. The van der Waals surface area contributed by atoms with Crippen molar-refractivity contribution in [2.45, 2.75) is 30.0 Å². The SMILES string of the molecule is CC(N)C(C)S(=O)c1cccc(Cl)c1. The van der Waals surface area contributed by atoms with Crippen LogP contribution in [0.2, 0.25) is 5.02 Å². The van der Waals surface area contributed by atoms with Crippen LogP contribution in [0.1, 0.15) is 13.8 Å². The molecule has 0 aliphatic heterocycles. The molecule has 0 amide bonds. The first-order chi connectivity index (χ1) is 6.52. The average Bonchev–Trinajstić information content (AvgIpc) is 2.15. The van der Waals surface area contributed by atoms with Gasteiger partial charge in [0.15, 0.2) is 0 Å². The fourth-order valence-electron chi connectivity index (χ4n) is 1.00. The lowest BCUT2D eigenvalue weighted by Crippen LogP contribution is -2.32. The Balaban J connectivity index is 2.89. The van der Waals surface area contributed by atoms with Crippen LogP contribution in [0, 0.1) is 0 Å². The van der Waals surface area contributed by atoms with Crippen LogP contribution in [0.25, 0.3) is 0 Å². The molecule has 0 radical (unpaired) electrons. The zero-order valence-electron chi connectivity index (χ0n) is 8.24. The Hall–Kier alpha value is -0.380. The molecule has 2 N–H and O–H groups in total. The summed E-state index contributed by atoms with van der Waals surface area (Å²) in [5, 5.41) is 0.543. The van der Waals surface area contributed by atoms with E-state index >= 15 is 0 Å². The Morgan fingerprint density at radius 1 is 1.43 bits per heavy atom. The minimum atomic E-state index is -1.08. The largest absolute Gasteiger partial charge is 0.327 e. The highest BCUT2D eigenvalue weighted by Gasteiger charge is 2.17. The van der Waals surface area contributed by atoms with Crippen LogP contribution in [0.15, 0.2) is 29.2 Å². The second kappa shape index (κ2) is 4.91. The lowest BCUT2D eigenvalue weighted by atomic mass is 10.3. The highest BCUT2D eigenvalue weighted by molar-refractivity contribution is 7.85. The number of nitrogens with two attached hydrogens (primary N) is 1. The number of rotatable bonds is 3. The predicted octanol–water partition coefficient (Wildman–Crippen LogP) is 2.18. The Kier molecular flexibility index (Phi) is 4.11. The van der Waals surface area contributed by atoms with Crippen LogP contribution in [0.3, 0.4) is 0 Å². The summed E-state index contributed by atoms with van der Waals surface area (Å²) in [5.41, 5.74) is 5.69. The van der Waals surface area contributed by atoms with Crippen LogP contribution >= 0.6 is 11.6 Å². The van der Waals surface area contributed by atoms with E-state index in [1.54, 1.807) is 24.3 Å². The van der Waals surface area contributed by atoms with Gasteiger partial charge in [-0.25, -0.2) is 0 Å². The van der Waals surface area contributed by atoms with Crippen LogP contribution in [0.5, 0.6) is 0 Å². The third-order valence-corrected chi connectivity index (χ3v) is 4.16. The van der Waals surface area contributed by atoms with E-state index in [9.17, 15) is 4.21 Å². The smallest absolute Gasteiger partial charge is 0.0574 e. The highest BCUT2D eigenvalue weighted by Crippen LogP contribution is 2.17. The van der Waals surface area contributed by atoms with Gasteiger partial charge in [-0.05, 0) is 32.0 Å². The molecule has 0 spiro atoms. The first-order valence-electron chi connectivity index (χ1n) is 4.44. The zero-order valence-corrected chi connectivity index (χ0v) is 9.81. The van der Waals surface area contributed by atoms with Crippen molar-refractivity contribution < 1.29 is 4.21 Å². The highest BCUT2D eigenvalue weighted by atomic mass is 35.5. The topological polar surface area (TPSA) is 43.1 Å². The van der Waals surface area contributed by atoms with Gasteiger partial charge in [-0.2, -0.15) is 0 Å². The van der Waals surface area contributed by atoms with Crippen molar-refractivity contribution >= 4 is 22.4 Å². The molecule has 0 aliphatic carbocycles. The van der Waals surface area contributed by atoms with Gasteiger partial charge in [0.1, 0.15) is 0 Å². The summed E-state index contributed by atoms with van der Waals surface area (Å²) in [7, 11) is -1.08. The van der Waals surface area contributed by atoms with Gasteiger partial charge in [-0.1, -0.05) is 17.7 Å².